The van der Waals surface area contributed by atoms with E-state index in [0.29, 0.717) is 10.6 Å². The average molecular weight is 315 g/mol. The van der Waals surface area contributed by atoms with Crippen molar-refractivity contribution < 1.29 is 9.90 Å². The van der Waals surface area contributed by atoms with Crippen molar-refractivity contribution in [3.05, 3.63) is 65.7 Å². The number of phenols is 1. The fraction of sp³-hybridized carbons (Fsp3) is 0. The van der Waals surface area contributed by atoms with Crippen LogP contribution in [-0.2, 0) is 0 Å². The second-order valence-corrected chi connectivity index (χ2v) is 4.94. The number of benzene rings is 2. The van der Waals surface area contributed by atoms with E-state index in [2.05, 4.69) is 15.4 Å². The zero-order chi connectivity index (χ0) is 15.5. The summed E-state index contributed by atoms with van der Waals surface area (Å²) >= 11 is 5.85. The van der Waals surface area contributed by atoms with Gasteiger partial charge in [-0.2, -0.15) is 5.10 Å². The molecule has 0 atom stereocenters. The number of anilines is 1. The molecule has 1 aromatic heterocycles. The van der Waals surface area contributed by atoms with Crippen LogP contribution in [-0.4, -0.2) is 25.8 Å². The van der Waals surface area contributed by atoms with E-state index in [9.17, 15) is 9.90 Å². The minimum atomic E-state index is -0.345. The third kappa shape index (κ3) is 2.91. The van der Waals surface area contributed by atoms with Crippen molar-refractivity contribution in [2.45, 2.75) is 0 Å². The van der Waals surface area contributed by atoms with Crippen LogP contribution >= 0.6 is 11.6 Å². The van der Waals surface area contributed by atoms with Gasteiger partial charge < -0.3 is 10.4 Å². The number of nitrogens with one attached hydrogen (secondary N) is 1. The monoisotopic (exact) mass is 314 g/mol. The van der Waals surface area contributed by atoms with Gasteiger partial charge in [0.1, 0.15) is 18.4 Å². The van der Waals surface area contributed by atoms with Gasteiger partial charge in [-0.25, -0.2) is 9.67 Å². The van der Waals surface area contributed by atoms with E-state index in [-0.39, 0.29) is 17.3 Å². The van der Waals surface area contributed by atoms with Crippen LogP contribution in [0.15, 0.2) is 55.1 Å². The van der Waals surface area contributed by atoms with Crippen molar-refractivity contribution in [2.24, 2.45) is 0 Å². The van der Waals surface area contributed by atoms with Gasteiger partial charge in [0, 0.05) is 10.6 Å². The van der Waals surface area contributed by atoms with Gasteiger partial charge >= 0.3 is 0 Å². The Kier molecular flexibility index (Phi) is 3.76. The second kappa shape index (κ2) is 5.87. The van der Waals surface area contributed by atoms with Crippen molar-refractivity contribution in [1.29, 1.82) is 0 Å². The molecule has 1 amide bonds. The predicted molar refractivity (Wildman–Crippen MR) is 82.4 cm³/mol. The highest BCUT2D eigenvalue weighted by atomic mass is 35.5. The van der Waals surface area contributed by atoms with Crippen LogP contribution in [0.5, 0.6) is 5.75 Å². The van der Waals surface area contributed by atoms with Crippen LogP contribution in [0.4, 0.5) is 5.69 Å². The molecule has 0 bridgehead atoms. The molecule has 3 rings (SSSR count). The summed E-state index contributed by atoms with van der Waals surface area (Å²) in [7, 11) is 0. The van der Waals surface area contributed by atoms with Crippen molar-refractivity contribution in [2.75, 3.05) is 5.32 Å². The number of hydrogen-bond donors (Lipinski definition) is 2. The molecule has 110 valence electrons. The first-order valence-electron chi connectivity index (χ1n) is 6.38. The lowest BCUT2D eigenvalue weighted by atomic mass is 10.2. The lowest BCUT2D eigenvalue weighted by molar-refractivity contribution is 0.102. The fourth-order valence-corrected chi connectivity index (χ4v) is 2.08. The predicted octanol–water partition coefficient (Wildman–Crippen LogP) is 2.88. The zero-order valence-corrected chi connectivity index (χ0v) is 12.0. The number of phenolic OH excluding ortho intramolecular Hbond substituents is 1. The highest BCUT2D eigenvalue weighted by Crippen LogP contribution is 2.27. The SMILES string of the molecule is O=C(Nc1cc(Cl)ccc1O)c1ccc(-n2cncn2)cc1. The Morgan fingerprint density at radius 3 is 2.64 bits per heavy atom. The number of rotatable bonds is 3. The summed E-state index contributed by atoms with van der Waals surface area (Å²) in [6.45, 7) is 0. The minimum Gasteiger partial charge on any atom is -0.506 e. The Balaban J connectivity index is 1.79. The van der Waals surface area contributed by atoms with Crippen LogP contribution in [0, 0.1) is 0 Å². The molecule has 0 aliphatic rings. The van der Waals surface area contributed by atoms with Crippen molar-refractivity contribution in [3.8, 4) is 11.4 Å². The Labute approximate surface area is 131 Å². The molecule has 0 fully saturated rings. The molecule has 2 aromatic carbocycles. The average Bonchev–Trinajstić information content (AvgIpc) is 3.05. The third-order valence-electron chi connectivity index (χ3n) is 3.02. The van der Waals surface area contributed by atoms with Crippen molar-refractivity contribution >= 4 is 23.2 Å². The van der Waals surface area contributed by atoms with Gasteiger partial charge in [0.25, 0.3) is 5.91 Å². The number of amides is 1. The summed E-state index contributed by atoms with van der Waals surface area (Å²) in [5, 5.41) is 16.8. The summed E-state index contributed by atoms with van der Waals surface area (Å²) in [6.07, 6.45) is 3.00. The lowest BCUT2D eigenvalue weighted by Crippen LogP contribution is -2.12. The molecular formula is C15H11ClN4O2. The summed E-state index contributed by atoms with van der Waals surface area (Å²) < 4.78 is 1.59. The maximum absolute atomic E-state index is 12.2. The molecule has 7 heteroatoms. The van der Waals surface area contributed by atoms with Crippen LogP contribution < -0.4 is 5.32 Å². The van der Waals surface area contributed by atoms with Gasteiger partial charge in [0.15, 0.2) is 0 Å². The van der Waals surface area contributed by atoms with Crippen molar-refractivity contribution in [1.82, 2.24) is 14.8 Å². The molecule has 0 spiro atoms. The summed E-state index contributed by atoms with van der Waals surface area (Å²) in [5.41, 5.74) is 1.50. The lowest BCUT2D eigenvalue weighted by Gasteiger charge is -2.08. The van der Waals surface area contributed by atoms with Gasteiger partial charge in [0.2, 0.25) is 0 Å². The largest absolute Gasteiger partial charge is 0.506 e. The van der Waals surface area contributed by atoms with Crippen LogP contribution in [0.1, 0.15) is 10.4 Å². The minimum absolute atomic E-state index is 0.0445. The molecule has 0 unspecified atom stereocenters. The number of carbonyl (C=O) groups is 1. The molecule has 2 N–H and O–H groups in total. The van der Waals surface area contributed by atoms with E-state index < -0.39 is 0 Å². The normalized spacial score (nSPS) is 10.4. The summed E-state index contributed by atoms with van der Waals surface area (Å²) in [4.78, 5) is 16.0. The van der Waals surface area contributed by atoms with Crippen LogP contribution in [0.2, 0.25) is 5.02 Å². The van der Waals surface area contributed by atoms with Gasteiger partial charge in [0.05, 0.1) is 11.4 Å². The molecule has 0 radical (unpaired) electrons. The molecule has 6 nitrogen and oxygen atoms in total. The van der Waals surface area contributed by atoms with Gasteiger partial charge in [-0.15, -0.1) is 0 Å². The molecule has 0 saturated heterocycles. The maximum atomic E-state index is 12.2. The quantitative estimate of drug-likeness (QED) is 0.728. The molecule has 22 heavy (non-hydrogen) atoms. The molecule has 3 aromatic rings. The zero-order valence-electron chi connectivity index (χ0n) is 11.3. The highest BCUT2D eigenvalue weighted by molar-refractivity contribution is 6.31. The number of hydrogen-bond acceptors (Lipinski definition) is 4. The van der Waals surface area contributed by atoms with E-state index >= 15 is 0 Å². The Hall–Kier alpha value is -2.86. The topological polar surface area (TPSA) is 80.0 Å². The first kappa shape index (κ1) is 14.1. The number of halogens is 1. The Morgan fingerprint density at radius 1 is 1.18 bits per heavy atom. The molecule has 0 aliphatic heterocycles. The van der Waals surface area contributed by atoms with Crippen molar-refractivity contribution in [3.63, 3.8) is 0 Å². The number of aromatic nitrogens is 3. The second-order valence-electron chi connectivity index (χ2n) is 4.50. The fourth-order valence-electron chi connectivity index (χ4n) is 1.91. The van der Waals surface area contributed by atoms with E-state index in [1.54, 1.807) is 41.3 Å². The molecular weight excluding hydrogens is 304 g/mol. The number of nitrogens with zero attached hydrogens (tertiary/aromatic N) is 3. The highest BCUT2D eigenvalue weighted by Gasteiger charge is 2.10. The van der Waals surface area contributed by atoms with Crippen LogP contribution in [0.3, 0.4) is 0 Å². The Morgan fingerprint density at radius 2 is 1.95 bits per heavy atom. The molecule has 0 aliphatic carbocycles. The van der Waals surface area contributed by atoms with Crippen LogP contribution in [0.25, 0.3) is 5.69 Å². The molecule has 0 saturated carbocycles. The maximum Gasteiger partial charge on any atom is 0.255 e. The van der Waals surface area contributed by atoms with Gasteiger partial charge in [-0.3, -0.25) is 4.79 Å². The van der Waals surface area contributed by atoms with Gasteiger partial charge in [-0.1, -0.05) is 11.6 Å². The van der Waals surface area contributed by atoms with E-state index in [0.717, 1.165) is 5.69 Å². The first-order chi connectivity index (χ1) is 10.6. The first-order valence-corrected chi connectivity index (χ1v) is 6.76. The Bertz CT molecular complexity index is 801. The van der Waals surface area contributed by atoms with E-state index in [1.807, 2.05) is 0 Å². The van der Waals surface area contributed by atoms with E-state index in [4.69, 9.17) is 11.6 Å². The van der Waals surface area contributed by atoms with Gasteiger partial charge in [-0.05, 0) is 42.5 Å². The summed E-state index contributed by atoms with van der Waals surface area (Å²) in [5.74, 6) is -0.389. The molecule has 1 heterocycles. The third-order valence-corrected chi connectivity index (χ3v) is 3.25. The number of aromatic hydroxyl groups is 1. The summed E-state index contributed by atoms with van der Waals surface area (Å²) in [6, 6.07) is 11.3. The van der Waals surface area contributed by atoms with E-state index in [1.165, 1.54) is 18.5 Å². The number of carbonyl (C=O) groups excluding carboxylic acids is 1. The standard InChI is InChI=1S/C15H11ClN4O2/c16-11-3-6-14(21)13(7-11)19-15(22)10-1-4-12(5-2-10)20-9-17-8-18-20/h1-9,21H,(H,19,22). The smallest absolute Gasteiger partial charge is 0.255 e.